The molecule has 1 saturated heterocycles. The van der Waals surface area contributed by atoms with E-state index in [0.29, 0.717) is 6.42 Å². The van der Waals surface area contributed by atoms with Crippen LogP contribution >= 0.6 is 0 Å². The van der Waals surface area contributed by atoms with Gasteiger partial charge in [0.05, 0.1) is 25.4 Å². The Labute approximate surface area is 470 Å². The van der Waals surface area contributed by atoms with Gasteiger partial charge in [0.1, 0.15) is 24.4 Å². The Balaban J connectivity index is 2.11. The van der Waals surface area contributed by atoms with Crippen molar-refractivity contribution in [2.75, 3.05) is 13.2 Å². The Morgan fingerprint density at radius 1 is 0.434 bits per heavy atom. The molecule has 1 fully saturated rings. The van der Waals surface area contributed by atoms with Crippen molar-refractivity contribution in [3.05, 3.63) is 24.3 Å². The van der Waals surface area contributed by atoms with Gasteiger partial charge in [-0.15, -0.1) is 0 Å². The van der Waals surface area contributed by atoms with Crippen LogP contribution in [0.2, 0.25) is 0 Å². The summed E-state index contributed by atoms with van der Waals surface area (Å²) < 4.78 is 11.3. The number of rotatable bonds is 59. The van der Waals surface area contributed by atoms with E-state index in [9.17, 15) is 30.3 Å². The molecular formula is C67H129NO8. The van der Waals surface area contributed by atoms with Crippen LogP contribution in [-0.4, -0.2) is 87.5 Å². The predicted molar refractivity (Wildman–Crippen MR) is 323 cm³/mol. The van der Waals surface area contributed by atoms with Gasteiger partial charge in [-0.1, -0.05) is 327 Å². The van der Waals surface area contributed by atoms with Crippen molar-refractivity contribution in [3.63, 3.8) is 0 Å². The number of hydrogen-bond acceptors (Lipinski definition) is 8. The SMILES string of the molecule is CCCCCCCCCCCCCCCC/C=C/CC/C=C/C(O)C(COC1OC(CO)C(O)C(O)C1O)NC(=O)CCCCCCCCCCCCCCCCCCCCCCCCCCCCCCCCCCC. The minimum atomic E-state index is -1.57. The third-order valence-corrected chi connectivity index (χ3v) is 16.3. The molecule has 0 aromatic heterocycles. The van der Waals surface area contributed by atoms with Gasteiger partial charge in [-0.25, -0.2) is 0 Å². The molecule has 450 valence electrons. The first-order chi connectivity index (χ1) is 37.3. The average molecular weight is 1080 g/mol. The van der Waals surface area contributed by atoms with E-state index in [1.54, 1.807) is 6.08 Å². The number of unbranched alkanes of at least 4 members (excludes halogenated alkanes) is 47. The fourth-order valence-corrected chi connectivity index (χ4v) is 11.0. The molecule has 0 aromatic carbocycles. The van der Waals surface area contributed by atoms with Gasteiger partial charge in [0, 0.05) is 6.42 Å². The number of aliphatic hydroxyl groups excluding tert-OH is 5. The van der Waals surface area contributed by atoms with Gasteiger partial charge >= 0.3 is 0 Å². The lowest BCUT2D eigenvalue weighted by atomic mass is 9.99. The van der Waals surface area contributed by atoms with E-state index in [0.717, 1.165) is 38.5 Å². The molecule has 0 spiro atoms. The molecule has 1 amide bonds. The number of carbonyl (C=O) groups excluding carboxylic acids is 1. The number of hydrogen-bond donors (Lipinski definition) is 6. The number of ether oxygens (including phenoxy) is 2. The van der Waals surface area contributed by atoms with Crippen LogP contribution < -0.4 is 5.32 Å². The van der Waals surface area contributed by atoms with Crippen LogP contribution in [0.25, 0.3) is 0 Å². The highest BCUT2D eigenvalue weighted by Crippen LogP contribution is 2.23. The number of allylic oxidation sites excluding steroid dienone is 3. The zero-order chi connectivity index (χ0) is 55.0. The summed E-state index contributed by atoms with van der Waals surface area (Å²) in [6.45, 7) is 3.82. The van der Waals surface area contributed by atoms with Gasteiger partial charge in [-0.05, 0) is 32.1 Å². The molecule has 7 atom stereocenters. The lowest BCUT2D eigenvalue weighted by molar-refractivity contribution is -0.302. The molecule has 1 heterocycles. The summed E-state index contributed by atoms with van der Waals surface area (Å²) in [4.78, 5) is 13.1. The molecule has 7 unspecified atom stereocenters. The van der Waals surface area contributed by atoms with Crippen LogP contribution in [0.5, 0.6) is 0 Å². The Kier molecular flexibility index (Phi) is 54.4. The van der Waals surface area contributed by atoms with E-state index in [4.69, 9.17) is 9.47 Å². The maximum Gasteiger partial charge on any atom is 0.220 e. The lowest BCUT2D eigenvalue weighted by Gasteiger charge is -2.40. The number of amides is 1. The first-order valence-electron chi connectivity index (χ1n) is 33.6. The molecule has 0 bridgehead atoms. The fraction of sp³-hybridized carbons (Fsp3) is 0.925. The number of carbonyl (C=O) groups is 1. The molecule has 1 rings (SSSR count). The molecule has 76 heavy (non-hydrogen) atoms. The van der Waals surface area contributed by atoms with E-state index in [-0.39, 0.29) is 12.5 Å². The first-order valence-corrected chi connectivity index (χ1v) is 33.6. The van der Waals surface area contributed by atoms with Crippen molar-refractivity contribution in [2.24, 2.45) is 0 Å². The monoisotopic (exact) mass is 1080 g/mol. The van der Waals surface area contributed by atoms with Crippen molar-refractivity contribution in [2.45, 2.75) is 384 Å². The van der Waals surface area contributed by atoms with Gasteiger partial charge in [-0.3, -0.25) is 4.79 Å². The highest BCUT2D eigenvalue weighted by Gasteiger charge is 2.44. The molecule has 0 saturated carbocycles. The average Bonchev–Trinajstić information content (AvgIpc) is 3.42. The van der Waals surface area contributed by atoms with Crippen LogP contribution in [0.1, 0.15) is 341 Å². The number of aliphatic hydroxyl groups is 5. The molecule has 6 N–H and O–H groups in total. The van der Waals surface area contributed by atoms with Gasteiger partial charge in [-0.2, -0.15) is 0 Å². The number of nitrogens with one attached hydrogen (secondary N) is 1. The van der Waals surface area contributed by atoms with Crippen molar-refractivity contribution in [1.82, 2.24) is 5.32 Å². The molecule has 1 aliphatic rings. The Bertz CT molecular complexity index is 1250. The van der Waals surface area contributed by atoms with E-state index in [2.05, 4.69) is 31.3 Å². The van der Waals surface area contributed by atoms with Crippen LogP contribution in [0.4, 0.5) is 0 Å². The summed E-state index contributed by atoms with van der Waals surface area (Å²) in [6, 6.07) is -0.819. The minimum Gasteiger partial charge on any atom is -0.394 e. The van der Waals surface area contributed by atoms with Gasteiger partial charge in [0.25, 0.3) is 0 Å². The van der Waals surface area contributed by atoms with Crippen molar-refractivity contribution in [1.29, 1.82) is 0 Å². The van der Waals surface area contributed by atoms with Crippen LogP contribution in [0.3, 0.4) is 0 Å². The van der Waals surface area contributed by atoms with Gasteiger partial charge in [0.15, 0.2) is 6.29 Å². The summed E-state index contributed by atoms with van der Waals surface area (Å²) in [5, 5.41) is 54.6. The summed E-state index contributed by atoms with van der Waals surface area (Å²) in [7, 11) is 0. The quantitative estimate of drug-likeness (QED) is 0.0261. The molecule has 1 aliphatic heterocycles. The van der Waals surface area contributed by atoms with Crippen molar-refractivity contribution >= 4 is 5.91 Å². The highest BCUT2D eigenvalue weighted by atomic mass is 16.7. The van der Waals surface area contributed by atoms with E-state index >= 15 is 0 Å². The largest absolute Gasteiger partial charge is 0.394 e. The minimum absolute atomic E-state index is 0.179. The van der Waals surface area contributed by atoms with Crippen LogP contribution in [0, 0.1) is 0 Å². The zero-order valence-electron chi connectivity index (χ0n) is 50.3. The summed E-state index contributed by atoms with van der Waals surface area (Å²) >= 11 is 0. The van der Waals surface area contributed by atoms with Crippen molar-refractivity contribution in [3.8, 4) is 0 Å². The van der Waals surface area contributed by atoms with E-state index in [1.807, 2.05) is 6.08 Å². The Morgan fingerprint density at radius 2 is 0.750 bits per heavy atom. The molecule has 0 aliphatic carbocycles. The smallest absolute Gasteiger partial charge is 0.220 e. The highest BCUT2D eigenvalue weighted by molar-refractivity contribution is 5.76. The van der Waals surface area contributed by atoms with Crippen molar-refractivity contribution < 1.29 is 39.8 Å². The fourth-order valence-electron chi connectivity index (χ4n) is 11.0. The molecule has 9 nitrogen and oxygen atoms in total. The van der Waals surface area contributed by atoms with Crippen LogP contribution in [-0.2, 0) is 14.3 Å². The first kappa shape index (κ1) is 72.7. The van der Waals surface area contributed by atoms with E-state index < -0.39 is 49.5 Å². The lowest BCUT2D eigenvalue weighted by Crippen LogP contribution is -2.60. The second kappa shape index (κ2) is 56.9. The van der Waals surface area contributed by atoms with Gasteiger partial charge in [0.2, 0.25) is 5.91 Å². The normalized spacial score (nSPS) is 18.9. The summed E-state index contributed by atoms with van der Waals surface area (Å²) in [6.07, 6.45) is 67.2. The molecule has 0 aromatic rings. The van der Waals surface area contributed by atoms with Gasteiger partial charge < -0.3 is 40.3 Å². The standard InChI is InChI=1S/C67H129NO8/c1-3-5-7-9-11-13-15-17-19-21-23-25-26-27-28-29-30-31-32-33-34-35-36-37-39-41-43-45-47-49-51-53-55-57-63(71)68-60(59-75-67-66(74)65(73)64(72)62(58-69)76-67)61(70)56-54-52-50-48-46-44-42-40-38-24-22-20-18-16-14-12-10-8-6-4-2/h46,48,54,56,60-62,64-67,69-70,72-74H,3-45,47,49-53,55,57-59H2,1-2H3,(H,68,71)/b48-46+,56-54+. The third-order valence-electron chi connectivity index (χ3n) is 16.3. The van der Waals surface area contributed by atoms with E-state index in [1.165, 1.54) is 283 Å². The second-order valence-electron chi connectivity index (χ2n) is 23.6. The zero-order valence-corrected chi connectivity index (χ0v) is 50.3. The molecule has 0 radical (unpaired) electrons. The maximum absolute atomic E-state index is 13.1. The second-order valence-corrected chi connectivity index (χ2v) is 23.6. The molecular weight excluding hydrogens is 947 g/mol. The Morgan fingerprint density at radius 3 is 1.11 bits per heavy atom. The summed E-state index contributed by atoms with van der Waals surface area (Å²) in [5.74, 6) is -0.179. The maximum atomic E-state index is 13.1. The molecule has 9 heteroatoms. The Hall–Kier alpha value is -1.33. The summed E-state index contributed by atoms with van der Waals surface area (Å²) in [5.41, 5.74) is 0. The third kappa shape index (κ3) is 45.4. The topological polar surface area (TPSA) is 149 Å². The van der Waals surface area contributed by atoms with Crippen LogP contribution in [0.15, 0.2) is 24.3 Å². The predicted octanol–water partition coefficient (Wildman–Crippen LogP) is 17.7.